The molecule has 1 heterocycles. The molecule has 1 aromatic carbocycles. The van der Waals surface area contributed by atoms with E-state index < -0.39 is 0 Å². The Morgan fingerprint density at radius 2 is 2.06 bits per heavy atom. The van der Waals surface area contributed by atoms with Gasteiger partial charge in [0.1, 0.15) is 0 Å². The molecule has 0 bridgehead atoms. The van der Waals surface area contributed by atoms with Crippen molar-refractivity contribution in [2.75, 3.05) is 19.6 Å². The van der Waals surface area contributed by atoms with Crippen molar-refractivity contribution in [3.8, 4) is 0 Å². The van der Waals surface area contributed by atoms with Gasteiger partial charge in [0, 0.05) is 25.2 Å². The van der Waals surface area contributed by atoms with E-state index in [4.69, 9.17) is 0 Å². The maximum atomic E-state index is 12.2. The largest absolute Gasteiger partial charge is 0.339 e. The summed E-state index contributed by atoms with van der Waals surface area (Å²) >= 11 is 0. The molecule has 0 atom stereocenters. The molecule has 0 aromatic heterocycles. The number of hydrogen-bond acceptors (Lipinski definition) is 2. The van der Waals surface area contributed by atoms with E-state index in [0.717, 1.165) is 25.2 Å². The van der Waals surface area contributed by atoms with Crippen LogP contribution < -0.4 is 5.32 Å². The van der Waals surface area contributed by atoms with E-state index in [9.17, 15) is 4.79 Å². The topological polar surface area (TPSA) is 32.3 Å². The van der Waals surface area contributed by atoms with Crippen LogP contribution in [0.25, 0.3) is 0 Å². The summed E-state index contributed by atoms with van der Waals surface area (Å²) in [6, 6.07) is 9.94. The monoisotopic (exact) mass is 232 g/mol. The summed E-state index contributed by atoms with van der Waals surface area (Å²) in [5, 5.41) is 3.41. The first-order valence-corrected chi connectivity index (χ1v) is 6.14. The predicted molar refractivity (Wildman–Crippen MR) is 68.8 cm³/mol. The number of rotatable bonds is 2. The van der Waals surface area contributed by atoms with Gasteiger partial charge in [-0.1, -0.05) is 30.3 Å². The van der Waals surface area contributed by atoms with Gasteiger partial charge in [-0.25, -0.2) is 0 Å². The molecule has 0 radical (unpaired) electrons. The van der Waals surface area contributed by atoms with Gasteiger partial charge in [0.05, 0.1) is 6.42 Å². The lowest BCUT2D eigenvalue weighted by Gasteiger charge is -2.39. The minimum atomic E-state index is 0.0323. The fourth-order valence-corrected chi connectivity index (χ4v) is 2.24. The van der Waals surface area contributed by atoms with Gasteiger partial charge in [0.25, 0.3) is 0 Å². The average molecular weight is 232 g/mol. The molecule has 1 N–H and O–H groups in total. The smallest absolute Gasteiger partial charge is 0.227 e. The van der Waals surface area contributed by atoms with Crippen molar-refractivity contribution in [3.63, 3.8) is 0 Å². The molecule has 1 saturated heterocycles. The second kappa shape index (κ2) is 4.88. The Morgan fingerprint density at radius 1 is 1.35 bits per heavy atom. The molecular formula is C14H20N2O. The molecule has 1 aliphatic heterocycles. The third-order valence-corrected chi connectivity index (χ3v) is 3.12. The molecule has 3 nitrogen and oxygen atoms in total. The lowest BCUT2D eigenvalue weighted by atomic mass is 10.0. The fraction of sp³-hybridized carbons (Fsp3) is 0.500. The Balaban J connectivity index is 1.96. The van der Waals surface area contributed by atoms with Crippen LogP contribution in [-0.4, -0.2) is 36.0 Å². The second-order valence-corrected chi connectivity index (χ2v) is 5.29. The van der Waals surface area contributed by atoms with Crippen molar-refractivity contribution >= 4 is 5.91 Å². The summed E-state index contributed by atoms with van der Waals surface area (Å²) in [6.07, 6.45) is 0.511. The number of amides is 1. The van der Waals surface area contributed by atoms with Crippen LogP contribution in [-0.2, 0) is 11.2 Å². The third-order valence-electron chi connectivity index (χ3n) is 3.12. The summed E-state index contributed by atoms with van der Waals surface area (Å²) < 4.78 is 0. The number of carbonyl (C=O) groups is 1. The first-order chi connectivity index (χ1) is 8.07. The van der Waals surface area contributed by atoms with Crippen LogP contribution in [0.1, 0.15) is 19.4 Å². The van der Waals surface area contributed by atoms with Gasteiger partial charge in [-0.15, -0.1) is 0 Å². The Kier molecular flexibility index (Phi) is 3.48. The zero-order valence-corrected chi connectivity index (χ0v) is 10.6. The summed E-state index contributed by atoms with van der Waals surface area (Å²) in [4.78, 5) is 14.1. The van der Waals surface area contributed by atoms with Gasteiger partial charge in [-0.05, 0) is 19.4 Å². The van der Waals surface area contributed by atoms with Crippen LogP contribution >= 0.6 is 0 Å². The molecule has 17 heavy (non-hydrogen) atoms. The first kappa shape index (κ1) is 12.1. The van der Waals surface area contributed by atoms with Gasteiger partial charge in [-0.3, -0.25) is 4.79 Å². The average Bonchev–Trinajstić information content (AvgIpc) is 2.29. The van der Waals surface area contributed by atoms with Crippen LogP contribution in [0.15, 0.2) is 30.3 Å². The zero-order valence-electron chi connectivity index (χ0n) is 10.6. The summed E-state index contributed by atoms with van der Waals surface area (Å²) in [5.74, 6) is 0.228. The Hall–Kier alpha value is -1.35. The molecule has 1 aromatic rings. The maximum absolute atomic E-state index is 12.2. The van der Waals surface area contributed by atoms with Crippen molar-refractivity contribution < 1.29 is 4.79 Å². The third kappa shape index (κ3) is 3.30. The standard InChI is InChI=1S/C14H20N2O/c1-14(2)11-16(9-8-15-14)13(17)10-12-6-4-3-5-7-12/h3-7,15H,8-11H2,1-2H3. The zero-order chi connectivity index (χ0) is 12.3. The summed E-state index contributed by atoms with van der Waals surface area (Å²) in [6.45, 7) is 6.76. The molecule has 0 saturated carbocycles. The van der Waals surface area contributed by atoms with E-state index in [1.807, 2.05) is 35.2 Å². The van der Waals surface area contributed by atoms with Crippen molar-refractivity contribution in [1.82, 2.24) is 10.2 Å². The number of nitrogens with one attached hydrogen (secondary N) is 1. The van der Waals surface area contributed by atoms with Gasteiger partial charge in [-0.2, -0.15) is 0 Å². The summed E-state index contributed by atoms with van der Waals surface area (Å²) in [7, 11) is 0. The van der Waals surface area contributed by atoms with Crippen molar-refractivity contribution in [1.29, 1.82) is 0 Å². The number of nitrogens with zero attached hydrogens (tertiary/aromatic N) is 1. The van der Waals surface area contributed by atoms with Gasteiger partial charge < -0.3 is 10.2 Å². The highest BCUT2D eigenvalue weighted by atomic mass is 16.2. The molecule has 1 amide bonds. The molecule has 3 heteroatoms. The Bertz CT molecular complexity index is 386. The van der Waals surface area contributed by atoms with Gasteiger partial charge in [0.15, 0.2) is 0 Å². The van der Waals surface area contributed by atoms with E-state index in [1.165, 1.54) is 0 Å². The molecule has 1 aliphatic rings. The van der Waals surface area contributed by atoms with E-state index in [1.54, 1.807) is 0 Å². The lowest BCUT2D eigenvalue weighted by Crippen LogP contribution is -2.58. The fourth-order valence-electron chi connectivity index (χ4n) is 2.24. The number of piperazine rings is 1. The van der Waals surface area contributed by atoms with Crippen LogP contribution in [0.4, 0.5) is 0 Å². The molecular weight excluding hydrogens is 212 g/mol. The van der Waals surface area contributed by atoms with Crippen molar-refractivity contribution in [2.45, 2.75) is 25.8 Å². The highest BCUT2D eigenvalue weighted by molar-refractivity contribution is 5.79. The SMILES string of the molecule is CC1(C)CN(C(=O)Cc2ccccc2)CCN1. The van der Waals surface area contributed by atoms with Crippen LogP contribution in [0.3, 0.4) is 0 Å². The van der Waals surface area contributed by atoms with Crippen LogP contribution in [0.2, 0.25) is 0 Å². The Morgan fingerprint density at radius 3 is 2.71 bits per heavy atom. The predicted octanol–water partition coefficient (Wildman–Crippen LogP) is 1.44. The molecule has 0 aliphatic carbocycles. The molecule has 0 unspecified atom stereocenters. The summed E-state index contributed by atoms with van der Waals surface area (Å²) in [5.41, 5.74) is 1.12. The quantitative estimate of drug-likeness (QED) is 0.837. The van der Waals surface area contributed by atoms with E-state index >= 15 is 0 Å². The lowest BCUT2D eigenvalue weighted by molar-refractivity contribution is -0.132. The first-order valence-electron chi connectivity index (χ1n) is 6.14. The highest BCUT2D eigenvalue weighted by Crippen LogP contribution is 2.12. The minimum Gasteiger partial charge on any atom is -0.339 e. The van der Waals surface area contributed by atoms with Crippen molar-refractivity contribution in [3.05, 3.63) is 35.9 Å². The van der Waals surface area contributed by atoms with Crippen LogP contribution in [0.5, 0.6) is 0 Å². The maximum Gasteiger partial charge on any atom is 0.227 e. The van der Waals surface area contributed by atoms with Crippen molar-refractivity contribution in [2.24, 2.45) is 0 Å². The van der Waals surface area contributed by atoms with E-state index in [2.05, 4.69) is 19.2 Å². The number of hydrogen-bond donors (Lipinski definition) is 1. The van der Waals surface area contributed by atoms with E-state index in [-0.39, 0.29) is 11.4 Å². The van der Waals surface area contributed by atoms with Crippen LogP contribution in [0, 0.1) is 0 Å². The number of benzene rings is 1. The minimum absolute atomic E-state index is 0.0323. The Labute approximate surface area is 103 Å². The molecule has 92 valence electrons. The van der Waals surface area contributed by atoms with E-state index in [0.29, 0.717) is 6.42 Å². The second-order valence-electron chi connectivity index (χ2n) is 5.29. The highest BCUT2D eigenvalue weighted by Gasteiger charge is 2.28. The normalized spacial score (nSPS) is 19.1. The molecule has 0 spiro atoms. The number of carbonyl (C=O) groups excluding carboxylic acids is 1. The van der Waals surface area contributed by atoms with Gasteiger partial charge >= 0.3 is 0 Å². The molecule has 1 fully saturated rings. The molecule has 2 rings (SSSR count). The van der Waals surface area contributed by atoms with Gasteiger partial charge in [0.2, 0.25) is 5.91 Å².